The Labute approximate surface area is 202 Å². The third kappa shape index (κ3) is 4.55. The summed E-state index contributed by atoms with van der Waals surface area (Å²) in [6.07, 6.45) is 4.66. The topological polar surface area (TPSA) is 113 Å². The highest BCUT2D eigenvalue weighted by atomic mass is 16.4. The summed E-state index contributed by atoms with van der Waals surface area (Å²) in [5.41, 5.74) is 2.66. The number of anilines is 2. The molecule has 1 fully saturated rings. The second-order valence-electron chi connectivity index (χ2n) is 8.65. The van der Waals surface area contributed by atoms with Crippen LogP contribution in [0.2, 0.25) is 0 Å². The quantitative estimate of drug-likeness (QED) is 0.412. The Morgan fingerprint density at radius 3 is 2.69 bits per heavy atom. The Kier molecular flexibility index (Phi) is 6.34. The Morgan fingerprint density at radius 1 is 1.14 bits per heavy atom. The molecule has 182 valence electrons. The predicted octanol–water partition coefficient (Wildman–Crippen LogP) is 1.40. The van der Waals surface area contributed by atoms with E-state index in [1.807, 2.05) is 49.3 Å². The minimum atomic E-state index is -0.461. The van der Waals surface area contributed by atoms with E-state index in [2.05, 4.69) is 25.5 Å². The van der Waals surface area contributed by atoms with E-state index in [4.69, 9.17) is 4.42 Å². The highest BCUT2D eigenvalue weighted by Crippen LogP contribution is 2.26. The fraction of sp³-hybridized carbons (Fsp3) is 0.333. The summed E-state index contributed by atoms with van der Waals surface area (Å²) in [6.45, 7) is 4.63. The first-order chi connectivity index (χ1) is 17.0. The molecule has 0 radical (unpaired) electrons. The number of hydrogen-bond donors (Lipinski definition) is 2. The van der Waals surface area contributed by atoms with Crippen LogP contribution < -0.4 is 21.2 Å². The van der Waals surface area contributed by atoms with Crippen molar-refractivity contribution in [1.29, 1.82) is 0 Å². The number of nitrogens with one attached hydrogen (secondary N) is 2. The Balaban J connectivity index is 1.43. The molecule has 4 heterocycles. The largest absolute Gasteiger partial charge is 0.418 e. The summed E-state index contributed by atoms with van der Waals surface area (Å²) in [6, 6.07) is 9.40. The predicted molar refractivity (Wildman–Crippen MR) is 133 cm³/mol. The second kappa shape index (κ2) is 9.72. The minimum Gasteiger partial charge on any atom is -0.418 e. The summed E-state index contributed by atoms with van der Waals surface area (Å²) in [4.78, 5) is 38.9. The van der Waals surface area contributed by atoms with E-state index >= 15 is 0 Å². The van der Waals surface area contributed by atoms with Gasteiger partial charge in [-0.25, -0.2) is 14.3 Å². The molecule has 0 unspecified atom stereocenters. The fourth-order valence-electron chi connectivity index (χ4n) is 4.23. The van der Waals surface area contributed by atoms with E-state index in [1.54, 1.807) is 17.0 Å². The van der Waals surface area contributed by atoms with Gasteiger partial charge in [-0.2, -0.15) is 0 Å². The zero-order valence-corrected chi connectivity index (χ0v) is 19.8. The van der Waals surface area contributed by atoms with E-state index in [9.17, 15) is 9.59 Å². The Morgan fingerprint density at radius 2 is 1.91 bits per heavy atom. The maximum Gasteiger partial charge on any atom is 0.337 e. The minimum absolute atomic E-state index is 0.00661. The van der Waals surface area contributed by atoms with Crippen LogP contribution in [0.15, 0.2) is 58.1 Å². The number of piperazine rings is 1. The van der Waals surface area contributed by atoms with Gasteiger partial charge in [-0.05, 0) is 32.3 Å². The third-order valence-electron chi connectivity index (χ3n) is 6.02. The second-order valence-corrected chi connectivity index (χ2v) is 8.65. The maximum absolute atomic E-state index is 13.3. The van der Waals surface area contributed by atoms with Crippen molar-refractivity contribution in [2.75, 3.05) is 57.0 Å². The lowest BCUT2D eigenvalue weighted by Crippen LogP contribution is -2.43. The lowest BCUT2D eigenvalue weighted by atomic mass is 10.2. The molecule has 0 saturated carbocycles. The van der Waals surface area contributed by atoms with Crippen molar-refractivity contribution in [3.63, 3.8) is 0 Å². The van der Waals surface area contributed by atoms with Crippen LogP contribution in [0.3, 0.4) is 0 Å². The number of rotatable bonds is 7. The van der Waals surface area contributed by atoms with Crippen molar-refractivity contribution in [2.45, 2.75) is 6.54 Å². The van der Waals surface area contributed by atoms with Gasteiger partial charge < -0.3 is 24.9 Å². The molecular weight excluding hydrogens is 448 g/mol. The highest BCUT2D eigenvalue weighted by Gasteiger charge is 2.22. The molecule has 4 aromatic rings. The number of oxazole rings is 1. The van der Waals surface area contributed by atoms with E-state index in [0.29, 0.717) is 24.3 Å². The molecule has 1 aliphatic heterocycles. The SMILES string of the molecule is CN(C)CCn1c(=O)n(-c2ncc(C(=O)Nc3cnccc3N3CCNCC3)o2)c2ccccc21. The van der Waals surface area contributed by atoms with Gasteiger partial charge in [0.05, 0.1) is 34.8 Å². The summed E-state index contributed by atoms with van der Waals surface area (Å²) < 4.78 is 8.88. The summed E-state index contributed by atoms with van der Waals surface area (Å²) >= 11 is 0. The molecule has 1 aromatic carbocycles. The number of fused-ring (bicyclic) bond motifs is 1. The molecule has 0 bridgehead atoms. The number of pyridine rings is 1. The molecule has 1 aliphatic rings. The molecular formula is C24H28N8O3. The van der Waals surface area contributed by atoms with Gasteiger partial charge in [0, 0.05) is 45.5 Å². The van der Waals surface area contributed by atoms with Crippen molar-refractivity contribution in [2.24, 2.45) is 0 Å². The lowest BCUT2D eigenvalue weighted by molar-refractivity contribution is 0.0996. The van der Waals surface area contributed by atoms with Gasteiger partial charge in [0.2, 0.25) is 5.76 Å². The first kappa shape index (κ1) is 22.8. The number of para-hydroxylation sites is 2. The monoisotopic (exact) mass is 476 g/mol. The zero-order valence-electron chi connectivity index (χ0n) is 19.8. The third-order valence-corrected chi connectivity index (χ3v) is 6.02. The number of amides is 1. The molecule has 11 nitrogen and oxygen atoms in total. The molecule has 1 saturated heterocycles. The molecule has 0 atom stereocenters. The van der Waals surface area contributed by atoms with Gasteiger partial charge in [-0.15, -0.1) is 0 Å². The van der Waals surface area contributed by atoms with Crippen LogP contribution in [0.1, 0.15) is 10.6 Å². The molecule has 35 heavy (non-hydrogen) atoms. The van der Waals surface area contributed by atoms with Gasteiger partial charge in [0.15, 0.2) is 0 Å². The smallest absolute Gasteiger partial charge is 0.337 e. The number of nitrogens with zero attached hydrogens (tertiary/aromatic N) is 6. The highest BCUT2D eigenvalue weighted by molar-refractivity contribution is 6.04. The average Bonchev–Trinajstić information content (AvgIpc) is 3.46. The zero-order chi connectivity index (χ0) is 24.4. The van der Waals surface area contributed by atoms with Gasteiger partial charge in [0.25, 0.3) is 5.91 Å². The van der Waals surface area contributed by atoms with Crippen LogP contribution in [-0.4, -0.2) is 76.7 Å². The van der Waals surface area contributed by atoms with Gasteiger partial charge in [-0.3, -0.25) is 14.3 Å². The molecule has 1 amide bonds. The number of aromatic nitrogens is 4. The van der Waals surface area contributed by atoms with Crippen LogP contribution >= 0.6 is 0 Å². The number of imidazole rings is 1. The molecule has 0 aliphatic carbocycles. The van der Waals surface area contributed by atoms with Crippen LogP contribution in [0.5, 0.6) is 0 Å². The van der Waals surface area contributed by atoms with Crippen molar-refractivity contribution in [3.8, 4) is 6.01 Å². The normalized spacial score (nSPS) is 14.1. The fourth-order valence-corrected chi connectivity index (χ4v) is 4.23. The van der Waals surface area contributed by atoms with E-state index < -0.39 is 5.91 Å². The van der Waals surface area contributed by atoms with E-state index in [0.717, 1.165) is 37.4 Å². The first-order valence-electron chi connectivity index (χ1n) is 11.5. The van der Waals surface area contributed by atoms with Crippen LogP contribution in [0.25, 0.3) is 17.0 Å². The Bertz CT molecular complexity index is 1400. The average molecular weight is 477 g/mol. The molecule has 0 spiro atoms. The van der Waals surface area contributed by atoms with Gasteiger partial charge in [-0.1, -0.05) is 12.1 Å². The molecule has 5 rings (SSSR count). The number of benzene rings is 1. The number of carbonyl (C=O) groups excluding carboxylic acids is 1. The van der Waals surface area contributed by atoms with Gasteiger partial charge in [0.1, 0.15) is 0 Å². The van der Waals surface area contributed by atoms with Crippen molar-refractivity contribution >= 4 is 28.3 Å². The van der Waals surface area contributed by atoms with E-state index in [1.165, 1.54) is 10.8 Å². The van der Waals surface area contributed by atoms with Crippen molar-refractivity contribution < 1.29 is 9.21 Å². The first-order valence-corrected chi connectivity index (χ1v) is 11.5. The molecule has 11 heteroatoms. The number of likely N-dealkylation sites (N-methyl/N-ethyl adjacent to an activating group) is 1. The Hall–Kier alpha value is -3.96. The van der Waals surface area contributed by atoms with Crippen LogP contribution in [-0.2, 0) is 6.54 Å². The molecule has 3 aromatic heterocycles. The number of hydrogen-bond acceptors (Lipinski definition) is 8. The maximum atomic E-state index is 13.3. The summed E-state index contributed by atoms with van der Waals surface area (Å²) in [7, 11) is 3.91. The van der Waals surface area contributed by atoms with Crippen molar-refractivity contribution in [3.05, 3.63) is 65.2 Å². The summed E-state index contributed by atoms with van der Waals surface area (Å²) in [5, 5.41) is 6.20. The number of carbonyl (C=O) groups is 1. The van der Waals surface area contributed by atoms with Crippen molar-refractivity contribution in [1.82, 2.24) is 29.3 Å². The lowest BCUT2D eigenvalue weighted by Gasteiger charge is -2.30. The summed E-state index contributed by atoms with van der Waals surface area (Å²) in [5.74, 6) is -0.454. The standard InChI is InChI=1S/C24H28N8O3/c1-29(2)13-14-31-19-5-3-4-6-20(19)32(24(31)34)23-27-16-21(35-23)22(33)28-17-15-26-8-7-18(17)30-11-9-25-10-12-30/h3-8,15-16,25H,9-14H2,1-2H3,(H,28,33). The van der Waals surface area contributed by atoms with Gasteiger partial charge >= 0.3 is 11.7 Å². The van der Waals surface area contributed by atoms with E-state index in [-0.39, 0.29) is 17.5 Å². The van der Waals surface area contributed by atoms with Crippen LogP contribution in [0.4, 0.5) is 11.4 Å². The molecule has 2 N–H and O–H groups in total. The van der Waals surface area contributed by atoms with Crippen LogP contribution in [0, 0.1) is 0 Å².